The number of amides is 3. The fourth-order valence-corrected chi connectivity index (χ4v) is 4.10. The summed E-state index contributed by atoms with van der Waals surface area (Å²) >= 11 is 5.70. The van der Waals surface area contributed by atoms with Crippen molar-refractivity contribution in [3.63, 3.8) is 0 Å². The molecule has 0 spiro atoms. The first-order valence-corrected chi connectivity index (χ1v) is 12.7. The van der Waals surface area contributed by atoms with Crippen molar-refractivity contribution in [2.24, 2.45) is 5.92 Å². The summed E-state index contributed by atoms with van der Waals surface area (Å²) in [6, 6.07) is 7.91. The van der Waals surface area contributed by atoms with Gasteiger partial charge in [0.2, 0.25) is 17.7 Å². The van der Waals surface area contributed by atoms with Crippen LogP contribution in [0.15, 0.2) is 41.9 Å². The largest absolute Gasteiger partial charge is 0.343 e. The molecule has 0 aliphatic carbocycles. The third-order valence-corrected chi connectivity index (χ3v) is 6.23. The smallest absolute Gasteiger partial charge is 0.249 e. The van der Waals surface area contributed by atoms with Crippen LogP contribution in [0.3, 0.4) is 0 Å². The van der Waals surface area contributed by atoms with Crippen LogP contribution in [-0.4, -0.2) is 40.0 Å². The minimum atomic E-state index is -0.817. The Morgan fingerprint density at radius 2 is 1.73 bits per heavy atom. The highest BCUT2D eigenvalue weighted by molar-refractivity contribution is 7.81. The zero-order valence-corrected chi connectivity index (χ0v) is 21.1. The fourth-order valence-electron chi connectivity index (χ4n) is 3.31. The summed E-state index contributed by atoms with van der Waals surface area (Å²) in [6.07, 6.45) is 4.88. The SMILES string of the molecule is CCCCC(S)C(=O)NC(CC(C)C)C(=O)NC(Cc1ccccc1)C(=O)Nc1nccs1. The lowest BCUT2D eigenvalue weighted by atomic mass is 10.0. The van der Waals surface area contributed by atoms with Crippen LogP contribution >= 0.6 is 24.0 Å². The average molecular weight is 491 g/mol. The van der Waals surface area contributed by atoms with E-state index in [1.807, 2.05) is 44.2 Å². The monoisotopic (exact) mass is 490 g/mol. The number of carbonyl (C=O) groups is 3. The minimum absolute atomic E-state index is 0.173. The van der Waals surface area contributed by atoms with Gasteiger partial charge < -0.3 is 16.0 Å². The molecule has 9 heteroatoms. The highest BCUT2D eigenvalue weighted by Gasteiger charge is 2.29. The third-order valence-electron chi connectivity index (χ3n) is 5.05. The lowest BCUT2D eigenvalue weighted by Crippen LogP contribution is -2.54. The first-order chi connectivity index (χ1) is 15.8. The van der Waals surface area contributed by atoms with Gasteiger partial charge in [-0.2, -0.15) is 12.6 Å². The molecule has 0 saturated carbocycles. The number of aromatic nitrogens is 1. The lowest BCUT2D eigenvalue weighted by molar-refractivity contribution is -0.131. The second-order valence-electron chi connectivity index (χ2n) is 8.43. The van der Waals surface area contributed by atoms with Crippen molar-refractivity contribution >= 4 is 46.8 Å². The fraction of sp³-hybridized carbons (Fsp3) is 0.500. The Morgan fingerprint density at radius 1 is 1.03 bits per heavy atom. The molecule has 0 bridgehead atoms. The summed E-state index contributed by atoms with van der Waals surface area (Å²) in [7, 11) is 0. The summed E-state index contributed by atoms with van der Waals surface area (Å²) in [5.41, 5.74) is 0.913. The molecular formula is C24H34N4O3S2. The molecule has 3 N–H and O–H groups in total. The Labute approximate surface area is 205 Å². The van der Waals surface area contributed by atoms with Gasteiger partial charge in [-0.1, -0.05) is 63.9 Å². The second-order valence-corrected chi connectivity index (χ2v) is 9.94. The van der Waals surface area contributed by atoms with Crippen LogP contribution in [0.2, 0.25) is 0 Å². The van der Waals surface area contributed by atoms with E-state index in [9.17, 15) is 14.4 Å². The van der Waals surface area contributed by atoms with Crippen LogP contribution in [0.1, 0.15) is 52.0 Å². The summed E-state index contributed by atoms with van der Waals surface area (Å²) in [4.78, 5) is 42.9. The summed E-state index contributed by atoms with van der Waals surface area (Å²) in [5, 5.41) is 10.2. The van der Waals surface area contributed by atoms with Gasteiger partial charge in [0.15, 0.2) is 5.13 Å². The molecule has 3 amide bonds. The molecule has 7 nitrogen and oxygen atoms in total. The number of unbranched alkanes of at least 4 members (excludes halogenated alkanes) is 1. The molecule has 180 valence electrons. The predicted octanol–water partition coefficient (Wildman–Crippen LogP) is 3.83. The van der Waals surface area contributed by atoms with Gasteiger partial charge in [-0.25, -0.2) is 4.98 Å². The Hall–Kier alpha value is -2.39. The van der Waals surface area contributed by atoms with Gasteiger partial charge in [0.05, 0.1) is 5.25 Å². The molecule has 0 aliphatic heterocycles. The average Bonchev–Trinajstić information content (AvgIpc) is 3.29. The van der Waals surface area contributed by atoms with Crippen LogP contribution in [0.4, 0.5) is 5.13 Å². The van der Waals surface area contributed by atoms with Gasteiger partial charge in [-0.15, -0.1) is 11.3 Å². The number of carbonyl (C=O) groups excluding carboxylic acids is 3. The van der Waals surface area contributed by atoms with Crippen LogP contribution in [0.5, 0.6) is 0 Å². The normalized spacial score (nSPS) is 13.7. The van der Waals surface area contributed by atoms with Gasteiger partial charge in [-0.05, 0) is 24.3 Å². The van der Waals surface area contributed by atoms with Gasteiger partial charge in [0, 0.05) is 18.0 Å². The number of hydrogen-bond donors (Lipinski definition) is 4. The summed E-state index contributed by atoms with van der Waals surface area (Å²) in [6.45, 7) is 6.02. The maximum absolute atomic E-state index is 13.2. The van der Waals surface area contributed by atoms with E-state index >= 15 is 0 Å². The van der Waals surface area contributed by atoms with Crippen LogP contribution < -0.4 is 16.0 Å². The van der Waals surface area contributed by atoms with E-state index in [4.69, 9.17) is 0 Å². The van der Waals surface area contributed by atoms with Crippen LogP contribution in [0.25, 0.3) is 0 Å². The predicted molar refractivity (Wildman–Crippen MR) is 137 cm³/mol. The molecule has 0 radical (unpaired) electrons. The van der Waals surface area contributed by atoms with Gasteiger partial charge in [-0.3, -0.25) is 14.4 Å². The van der Waals surface area contributed by atoms with Crippen molar-refractivity contribution in [3.05, 3.63) is 47.5 Å². The second kappa shape index (κ2) is 14.0. The Morgan fingerprint density at radius 3 is 2.33 bits per heavy atom. The van der Waals surface area contributed by atoms with Gasteiger partial charge in [0.25, 0.3) is 0 Å². The Balaban J connectivity index is 2.14. The number of thiazole rings is 1. The molecule has 0 fully saturated rings. The summed E-state index contributed by atoms with van der Waals surface area (Å²) in [5.74, 6) is -0.832. The molecule has 33 heavy (non-hydrogen) atoms. The molecule has 1 heterocycles. The van der Waals surface area contributed by atoms with E-state index < -0.39 is 17.3 Å². The van der Waals surface area contributed by atoms with Crippen molar-refractivity contribution in [2.75, 3.05) is 5.32 Å². The molecular weight excluding hydrogens is 456 g/mol. The molecule has 1 aromatic heterocycles. The number of anilines is 1. The maximum atomic E-state index is 13.2. The van der Waals surface area contributed by atoms with E-state index in [0.29, 0.717) is 24.4 Å². The number of nitrogens with zero attached hydrogens (tertiary/aromatic N) is 1. The molecule has 2 rings (SSSR count). The van der Waals surface area contributed by atoms with E-state index in [1.54, 1.807) is 11.6 Å². The zero-order chi connectivity index (χ0) is 24.2. The number of hydrogen-bond acceptors (Lipinski definition) is 6. The molecule has 1 aromatic carbocycles. The number of nitrogens with one attached hydrogen (secondary N) is 3. The third kappa shape index (κ3) is 9.55. The molecule has 0 aliphatic rings. The first-order valence-electron chi connectivity index (χ1n) is 11.3. The molecule has 0 saturated heterocycles. The van der Waals surface area contributed by atoms with E-state index in [1.165, 1.54) is 11.3 Å². The number of benzene rings is 1. The molecule has 2 aromatic rings. The highest BCUT2D eigenvalue weighted by atomic mass is 32.1. The molecule has 3 atom stereocenters. The van der Waals surface area contributed by atoms with Crippen molar-refractivity contribution in [1.82, 2.24) is 15.6 Å². The summed E-state index contributed by atoms with van der Waals surface area (Å²) < 4.78 is 0. The number of rotatable bonds is 13. The molecule has 3 unspecified atom stereocenters. The maximum Gasteiger partial charge on any atom is 0.249 e. The van der Waals surface area contributed by atoms with Crippen LogP contribution in [0, 0.1) is 5.92 Å². The zero-order valence-electron chi connectivity index (χ0n) is 19.4. The van der Waals surface area contributed by atoms with Crippen LogP contribution in [-0.2, 0) is 20.8 Å². The van der Waals surface area contributed by atoms with Crippen molar-refractivity contribution in [1.29, 1.82) is 0 Å². The van der Waals surface area contributed by atoms with Gasteiger partial charge in [0.1, 0.15) is 12.1 Å². The Bertz CT molecular complexity index is 875. The van der Waals surface area contributed by atoms with Crippen molar-refractivity contribution in [3.8, 4) is 0 Å². The number of thiol groups is 1. The van der Waals surface area contributed by atoms with Crippen molar-refractivity contribution < 1.29 is 14.4 Å². The van der Waals surface area contributed by atoms with E-state index in [2.05, 4.69) is 40.5 Å². The van der Waals surface area contributed by atoms with E-state index in [0.717, 1.165) is 18.4 Å². The first kappa shape index (κ1) is 26.9. The van der Waals surface area contributed by atoms with Crippen molar-refractivity contribution in [2.45, 2.75) is 70.2 Å². The Kier molecular flexibility index (Phi) is 11.4. The standard InChI is InChI=1S/C24H34N4O3S2/c1-4-5-11-20(32)23(31)27-18(14-16(2)3)21(29)26-19(15-17-9-7-6-8-10-17)22(30)28-24-25-12-13-33-24/h6-10,12-13,16,18-20,32H,4-5,11,14-15H2,1-3H3,(H,26,29)(H,27,31)(H,25,28,30). The minimum Gasteiger partial charge on any atom is -0.343 e. The van der Waals surface area contributed by atoms with E-state index in [-0.39, 0.29) is 23.6 Å². The lowest BCUT2D eigenvalue weighted by Gasteiger charge is -2.25. The quantitative estimate of drug-likeness (QED) is 0.321. The highest BCUT2D eigenvalue weighted by Crippen LogP contribution is 2.14. The van der Waals surface area contributed by atoms with Gasteiger partial charge >= 0.3 is 0 Å². The topological polar surface area (TPSA) is 100 Å².